The molecule has 2 aromatic rings. The molecule has 2 heterocycles. The average molecular weight is 540 g/mol. The SMILES string of the molecule is O=C(Cc1cccnc1)N1CCN(C(=O)c2cccc(OCC3CCCCCCC3)c2)CC1.O=C(O)C(=O)O. The van der Waals surface area contributed by atoms with Gasteiger partial charge < -0.3 is 24.7 Å². The number of carbonyl (C=O) groups excluding carboxylic acids is 2. The van der Waals surface area contributed by atoms with Crippen LogP contribution in [0.4, 0.5) is 0 Å². The van der Waals surface area contributed by atoms with Crippen molar-refractivity contribution < 1.29 is 34.1 Å². The number of nitrogens with zero attached hydrogens (tertiary/aromatic N) is 3. The first kappa shape index (κ1) is 29.6. The summed E-state index contributed by atoms with van der Waals surface area (Å²) in [6.07, 6.45) is 12.9. The van der Waals surface area contributed by atoms with E-state index in [9.17, 15) is 9.59 Å². The number of piperazine rings is 1. The second kappa shape index (κ2) is 15.5. The van der Waals surface area contributed by atoms with E-state index in [0.29, 0.717) is 44.1 Å². The first-order valence-electron chi connectivity index (χ1n) is 13.5. The number of pyridine rings is 1. The molecule has 0 atom stereocenters. The van der Waals surface area contributed by atoms with E-state index >= 15 is 0 Å². The Morgan fingerprint density at radius 2 is 1.49 bits per heavy atom. The molecule has 1 aromatic heterocycles. The molecule has 2 fully saturated rings. The Labute approximate surface area is 228 Å². The first-order valence-corrected chi connectivity index (χ1v) is 13.5. The lowest BCUT2D eigenvalue weighted by Crippen LogP contribution is -2.51. The van der Waals surface area contributed by atoms with Gasteiger partial charge in [-0.25, -0.2) is 9.59 Å². The van der Waals surface area contributed by atoms with Gasteiger partial charge in [-0.3, -0.25) is 14.6 Å². The molecule has 2 amide bonds. The highest BCUT2D eigenvalue weighted by Gasteiger charge is 2.25. The van der Waals surface area contributed by atoms with Crippen LogP contribution >= 0.6 is 0 Å². The Bertz CT molecular complexity index is 1080. The van der Waals surface area contributed by atoms with Gasteiger partial charge in [0.05, 0.1) is 13.0 Å². The molecule has 2 aliphatic rings. The van der Waals surface area contributed by atoms with Crippen molar-refractivity contribution >= 4 is 23.8 Å². The van der Waals surface area contributed by atoms with Crippen molar-refractivity contribution in [3.05, 3.63) is 59.9 Å². The van der Waals surface area contributed by atoms with E-state index in [4.69, 9.17) is 24.5 Å². The van der Waals surface area contributed by atoms with Gasteiger partial charge in [0, 0.05) is 44.1 Å². The summed E-state index contributed by atoms with van der Waals surface area (Å²) in [5.41, 5.74) is 1.57. The van der Waals surface area contributed by atoms with Gasteiger partial charge in [0.15, 0.2) is 0 Å². The van der Waals surface area contributed by atoms with Gasteiger partial charge in [0.1, 0.15) is 5.75 Å². The van der Waals surface area contributed by atoms with Crippen molar-refractivity contribution in [1.82, 2.24) is 14.8 Å². The number of aliphatic carboxylic acids is 2. The van der Waals surface area contributed by atoms with Crippen LogP contribution in [0.2, 0.25) is 0 Å². The van der Waals surface area contributed by atoms with Gasteiger partial charge in [0.25, 0.3) is 5.91 Å². The zero-order valence-corrected chi connectivity index (χ0v) is 22.2. The minimum Gasteiger partial charge on any atom is -0.493 e. The number of benzene rings is 1. The predicted molar refractivity (Wildman–Crippen MR) is 143 cm³/mol. The minimum atomic E-state index is -1.82. The lowest BCUT2D eigenvalue weighted by Gasteiger charge is -2.35. The quantitative estimate of drug-likeness (QED) is 0.532. The molecule has 210 valence electrons. The third kappa shape index (κ3) is 10.0. The molecular weight excluding hydrogens is 502 g/mol. The van der Waals surface area contributed by atoms with Crippen LogP contribution in [0.1, 0.15) is 60.9 Å². The smallest absolute Gasteiger partial charge is 0.414 e. The maximum atomic E-state index is 13.1. The topological polar surface area (TPSA) is 137 Å². The molecule has 0 radical (unpaired) electrons. The normalized spacial score (nSPS) is 16.2. The number of rotatable bonds is 6. The Hall–Kier alpha value is -3.95. The first-order chi connectivity index (χ1) is 18.8. The van der Waals surface area contributed by atoms with Gasteiger partial charge in [-0.15, -0.1) is 0 Å². The molecule has 0 spiro atoms. The highest BCUT2D eigenvalue weighted by atomic mass is 16.5. The summed E-state index contributed by atoms with van der Waals surface area (Å²) < 4.78 is 6.10. The molecule has 1 aliphatic carbocycles. The molecule has 10 heteroatoms. The highest BCUT2D eigenvalue weighted by Crippen LogP contribution is 2.24. The standard InChI is InChI=1S/C27H35N3O3.C2H2O4/c31-26(18-23-10-7-13-28-20-23)29-14-16-30(17-15-29)27(32)24-11-6-12-25(19-24)33-21-22-8-4-2-1-3-5-9-22;3-1(4)2(5)6/h6-7,10-13,19-20,22H,1-5,8-9,14-18,21H2;(H,3,4)(H,5,6). The van der Waals surface area contributed by atoms with Crippen LogP contribution in [0.5, 0.6) is 5.75 Å². The molecule has 1 aliphatic heterocycles. The molecule has 39 heavy (non-hydrogen) atoms. The van der Waals surface area contributed by atoms with Crippen molar-refractivity contribution in [2.75, 3.05) is 32.8 Å². The van der Waals surface area contributed by atoms with Gasteiger partial charge >= 0.3 is 11.9 Å². The van der Waals surface area contributed by atoms with E-state index in [-0.39, 0.29) is 11.8 Å². The Morgan fingerprint density at radius 1 is 0.846 bits per heavy atom. The Balaban J connectivity index is 0.000000631. The fourth-order valence-corrected chi connectivity index (χ4v) is 4.77. The number of amides is 2. The van der Waals surface area contributed by atoms with Crippen molar-refractivity contribution in [3.8, 4) is 5.75 Å². The van der Waals surface area contributed by atoms with Crippen LogP contribution in [-0.2, 0) is 20.8 Å². The number of hydrogen-bond donors (Lipinski definition) is 2. The number of ether oxygens (including phenoxy) is 1. The summed E-state index contributed by atoms with van der Waals surface area (Å²) in [5, 5.41) is 14.8. The zero-order chi connectivity index (χ0) is 28.0. The number of carboxylic acid groups (broad SMARTS) is 2. The van der Waals surface area contributed by atoms with E-state index in [1.807, 2.05) is 46.2 Å². The van der Waals surface area contributed by atoms with Crippen LogP contribution in [0.3, 0.4) is 0 Å². The summed E-state index contributed by atoms with van der Waals surface area (Å²) >= 11 is 0. The fraction of sp³-hybridized carbons (Fsp3) is 0.483. The number of carbonyl (C=O) groups is 4. The second-order valence-electron chi connectivity index (χ2n) is 9.87. The molecule has 2 N–H and O–H groups in total. The largest absolute Gasteiger partial charge is 0.493 e. The van der Waals surface area contributed by atoms with Crippen molar-refractivity contribution in [1.29, 1.82) is 0 Å². The van der Waals surface area contributed by atoms with Crippen molar-refractivity contribution in [2.45, 2.75) is 51.4 Å². The third-order valence-corrected chi connectivity index (χ3v) is 6.97. The molecule has 0 bridgehead atoms. The van der Waals surface area contributed by atoms with Crippen LogP contribution in [0.15, 0.2) is 48.8 Å². The second-order valence-corrected chi connectivity index (χ2v) is 9.87. The molecule has 4 rings (SSSR count). The molecule has 1 saturated carbocycles. The maximum absolute atomic E-state index is 13.1. The van der Waals surface area contributed by atoms with Crippen molar-refractivity contribution in [2.24, 2.45) is 5.92 Å². The van der Waals surface area contributed by atoms with Gasteiger partial charge in [-0.2, -0.15) is 0 Å². The Morgan fingerprint density at radius 3 is 2.10 bits per heavy atom. The number of carboxylic acids is 2. The van der Waals surface area contributed by atoms with Crippen LogP contribution in [-0.4, -0.2) is 81.5 Å². The molecule has 1 saturated heterocycles. The molecule has 1 aromatic carbocycles. The molecule has 0 unspecified atom stereocenters. The average Bonchev–Trinajstić information content (AvgIpc) is 2.93. The summed E-state index contributed by atoms with van der Waals surface area (Å²) in [6, 6.07) is 11.3. The fourth-order valence-electron chi connectivity index (χ4n) is 4.77. The van der Waals surface area contributed by atoms with Gasteiger partial charge in [-0.1, -0.05) is 44.2 Å². The highest BCUT2D eigenvalue weighted by molar-refractivity contribution is 6.27. The number of aromatic nitrogens is 1. The van der Waals surface area contributed by atoms with Gasteiger partial charge in [0.2, 0.25) is 5.91 Å². The Kier molecular flexibility index (Phi) is 11.7. The summed E-state index contributed by atoms with van der Waals surface area (Å²) in [7, 11) is 0. The van der Waals surface area contributed by atoms with Crippen LogP contribution in [0, 0.1) is 5.92 Å². The molecular formula is C29H37N3O7. The van der Waals surface area contributed by atoms with Crippen LogP contribution < -0.4 is 4.74 Å². The summed E-state index contributed by atoms with van der Waals surface area (Å²) in [5.74, 6) is -2.18. The zero-order valence-electron chi connectivity index (χ0n) is 22.2. The minimum absolute atomic E-state index is 0.00534. The van der Waals surface area contributed by atoms with Crippen molar-refractivity contribution in [3.63, 3.8) is 0 Å². The van der Waals surface area contributed by atoms with E-state index in [0.717, 1.165) is 17.9 Å². The lowest BCUT2D eigenvalue weighted by atomic mass is 9.92. The van der Waals surface area contributed by atoms with E-state index < -0.39 is 11.9 Å². The van der Waals surface area contributed by atoms with E-state index in [2.05, 4.69) is 4.98 Å². The van der Waals surface area contributed by atoms with Crippen LogP contribution in [0.25, 0.3) is 0 Å². The lowest BCUT2D eigenvalue weighted by molar-refractivity contribution is -0.159. The predicted octanol–water partition coefficient (Wildman–Crippen LogP) is 3.50. The summed E-state index contributed by atoms with van der Waals surface area (Å²) in [4.78, 5) is 51.6. The molecule has 10 nitrogen and oxygen atoms in total. The monoisotopic (exact) mass is 539 g/mol. The number of hydrogen-bond acceptors (Lipinski definition) is 6. The summed E-state index contributed by atoms with van der Waals surface area (Å²) in [6.45, 7) is 2.94. The van der Waals surface area contributed by atoms with Gasteiger partial charge in [-0.05, 0) is 48.6 Å². The van der Waals surface area contributed by atoms with E-state index in [1.54, 1.807) is 12.4 Å². The third-order valence-electron chi connectivity index (χ3n) is 6.97. The maximum Gasteiger partial charge on any atom is 0.414 e. The van der Waals surface area contributed by atoms with E-state index in [1.165, 1.54) is 44.9 Å².